The molecule has 3 N–H and O–H groups in total. The molecule has 0 radical (unpaired) electrons. The molecule has 1 aromatic rings. The molecule has 0 aliphatic heterocycles. The van der Waals surface area contributed by atoms with Crippen LogP contribution in [-0.4, -0.2) is 37.0 Å². The van der Waals surface area contributed by atoms with E-state index >= 15 is 0 Å². The molecule has 2 rings (SSSR count). The Balaban J connectivity index is 2.39. The Labute approximate surface area is 120 Å². The normalized spacial score (nSPS) is 16.9. The molecular formula is C14H22N2O3S. The average molecular weight is 298 g/mol. The third kappa shape index (κ3) is 2.97. The van der Waals surface area contributed by atoms with Crippen molar-refractivity contribution < 1.29 is 13.5 Å². The predicted octanol–water partition coefficient (Wildman–Crippen LogP) is 1.50. The summed E-state index contributed by atoms with van der Waals surface area (Å²) in [5.74, 6) is 0. The molecule has 0 aromatic heterocycles. The minimum absolute atomic E-state index is 0.00380. The van der Waals surface area contributed by atoms with Gasteiger partial charge in [0, 0.05) is 18.3 Å². The van der Waals surface area contributed by atoms with E-state index in [4.69, 9.17) is 5.73 Å². The zero-order chi connectivity index (χ0) is 14.8. The molecule has 1 aliphatic carbocycles. The number of rotatable bonds is 5. The Morgan fingerprint density at radius 1 is 1.35 bits per heavy atom. The van der Waals surface area contributed by atoms with Gasteiger partial charge in [0.1, 0.15) is 0 Å². The first-order valence-electron chi connectivity index (χ1n) is 6.95. The summed E-state index contributed by atoms with van der Waals surface area (Å²) in [5, 5.41) is 9.19. The number of sulfonamides is 1. The van der Waals surface area contributed by atoms with Crippen LogP contribution in [0.2, 0.25) is 0 Å². The highest BCUT2D eigenvalue weighted by Gasteiger charge is 2.33. The minimum atomic E-state index is -3.58. The lowest BCUT2D eigenvalue weighted by molar-refractivity contribution is 0.226. The van der Waals surface area contributed by atoms with E-state index < -0.39 is 10.0 Å². The van der Waals surface area contributed by atoms with Gasteiger partial charge in [0.15, 0.2) is 0 Å². The topological polar surface area (TPSA) is 83.6 Å². The van der Waals surface area contributed by atoms with Crippen molar-refractivity contribution in [1.82, 2.24) is 4.31 Å². The predicted molar refractivity (Wildman–Crippen MR) is 78.8 cm³/mol. The molecule has 0 heterocycles. The summed E-state index contributed by atoms with van der Waals surface area (Å²) in [6.07, 6.45) is 3.83. The number of aryl methyl sites for hydroxylation is 1. The number of nitrogen functional groups attached to an aromatic ring is 1. The van der Waals surface area contributed by atoms with Gasteiger partial charge in [0.05, 0.1) is 11.5 Å². The summed E-state index contributed by atoms with van der Waals surface area (Å²) in [6, 6.07) is 4.83. The molecule has 1 fully saturated rings. The fourth-order valence-corrected chi connectivity index (χ4v) is 4.76. The van der Waals surface area contributed by atoms with Gasteiger partial charge >= 0.3 is 0 Å². The van der Waals surface area contributed by atoms with Crippen LogP contribution < -0.4 is 5.73 Å². The number of nitrogens with two attached hydrogens (primary N) is 1. The van der Waals surface area contributed by atoms with E-state index in [0.29, 0.717) is 11.3 Å². The van der Waals surface area contributed by atoms with Crippen LogP contribution in [0.1, 0.15) is 31.2 Å². The molecule has 1 saturated carbocycles. The highest BCUT2D eigenvalue weighted by Crippen LogP contribution is 2.30. The van der Waals surface area contributed by atoms with Gasteiger partial charge in [-0.25, -0.2) is 8.42 Å². The number of hydrogen-bond donors (Lipinski definition) is 2. The molecule has 6 heteroatoms. The highest BCUT2D eigenvalue weighted by atomic mass is 32.2. The van der Waals surface area contributed by atoms with Gasteiger partial charge in [0.25, 0.3) is 0 Å². The summed E-state index contributed by atoms with van der Waals surface area (Å²) in [7, 11) is -3.58. The van der Waals surface area contributed by atoms with Gasteiger partial charge in [-0.1, -0.05) is 12.8 Å². The summed E-state index contributed by atoms with van der Waals surface area (Å²) in [5.41, 5.74) is 6.88. The Morgan fingerprint density at radius 2 is 2.00 bits per heavy atom. The zero-order valence-corrected chi connectivity index (χ0v) is 12.6. The average Bonchev–Trinajstić information content (AvgIpc) is 2.88. The lowest BCUT2D eigenvalue weighted by Gasteiger charge is -2.28. The second-order valence-corrected chi connectivity index (χ2v) is 7.16. The maximum atomic E-state index is 12.8. The van der Waals surface area contributed by atoms with Crippen molar-refractivity contribution in [3.05, 3.63) is 23.8 Å². The summed E-state index contributed by atoms with van der Waals surface area (Å²) < 4.78 is 27.1. The first-order chi connectivity index (χ1) is 9.46. The zero-order valence-electron chi connectivity index (χ0n) is 11.7. The molecule has 20 heavy (non-hydrogen) atoms. The van der Waals surface area contributed by atoms with E-state index in [2.05, 4.69) is 0 Å². The van der Waals surface area contributed by atoms with Gasteiger partial charge in [0.2, 0.25) is 10.0 Å². The van der Waals surface area contributed by atoms with Gasteiger partial charge in [-0.05, 0) is 43.5 Å². The van der Waals surface area contributed by atoms with Crippen molar-refractivity contribution in [3.8, 4) is 0 Å². The molecule has 1 aliphatic rings. The molecule has 5 nitrogen and oxygen atoms in total. The quantitative estimate of drug-likeness (QED) is 0.807. The third-order valence-electron chi connectivity index (χ3n) is 3.84. The van der Waals surface area contributed by atoms with Crippen molar-refractivity contribution in [2.24, 2.45) is 0 Å². The Hall–Kier alpha value is -1.11. The molecular weight excluding hydrogens is 276 g/mol. The van der Waals surface area contributed by atoms with Gasteiger partial charge < -0.3 is 10.8 Å². The van der Waals surface area contributed by atoms with E-state index in [9.17, 15) is 13.5 Å². The van der Waals surface area contributed by atoms with Crippen LogP contribution in [0.3, 0.4) is 0 Å². The first-order valence-corrected chi connectivity index (χ1v) is 8.39. The maximum Gasteiger partial charge on any atom is 0.243 e. The largest absolute Gasteiger partial charge is 0.399 e. The van der Waals surface area contributed by atoms with E-state index in [0.717, 1.165) is 25.7 Å². The number of anilines is 1. The van der Waals surface area contributed by atoms with Gasteiger partial charge in [-0.2, -0.15) is 4.31 Å². The summed E-state index contributed by atoms with van der Waals surface area (Å²) >= 11 is 0. The molecule has 0 spiro atoms. The molecule has 112 valence electrons. The van der Waals surface area contributed by atoms with Gasteiger partial charge in [-0.3, -0.25) is 0 Å². The van der Waals surface area contributed by atoms with Crippen molar-refractivity contribution in [2.75, 3.05) is 18.9 Å². The van der Waals surface area contributed by atoms with Crippen molar-refractivity contribution >= 4 is 15.7 Å². The first kappa shape index (κ1) is 15.3. The highest BCUT2D eigenvalue weighted by molar-refractivity contribution is 7.89. The molecule has 0 bridgehead atoms. The molecule has 0 unspecified atom stereocenters. The monoisotopic (exact) mass is 298 g/mol. The second-order valence-electron chi connectivity index (χ2n) is 5.30. The summed E-state index contributed by atoms with van der Waals surface area (Å²) in [6.45, 7) is 1.73. The van der Waals surface area contributed by atoms with Gasteiger partial charge in [-0.15, -0.1) is 0 Å². The second kappa shape index (κ2) is 6.11. The van der Waals surface area contributed by atoms with Crippen LogP contribution in [-0.2, 0) is 10.0 Å². The maximum absolute atomic E-state index is 12.8. The van der Waals surface area contributed by atoms with Crippen LogP contribution in [0.25, 0.3) is 0 Å². The third-order valence-corrected chi connectivity index (χ3v) is 5.95. The summed E-state index contributed by atoms with van der Waals surface area (Å²) in [4.78, 5) is 0.284. The fraction of sp³-hybridized carbons (Fsp3) is 0.571. The number of benzene rings is 1. The SMILES string of the molecule is Cc1cc(N)ccc1S(=O)(=O)N(CCO)C1CCCC1. The number of aliphatic hydroxyl groups is 1. The molecule has 0 atom stereocenters. The molecule has 1 aromatic carbocycles. The minimum Gasteiger partial charge on any atom is -0.399 e. The smallest absolute Gasteiger partial charge is 0.243 e. The van der Waals surface area contributed by atoms with Crippen LogP contribution in [0, 0.1) is 6.92 Å². The number of nitrogens with zero attached hydrogens (tertiary/aromatic N) is 1. The van der Waals surface area contributed by atoms with Crippen molar-refractivity contribution in [2.45, 2.75) is 43.5 Å². The van der Waals surface area contributed by atoms with Crippen molar-refractivity contribution in [3.63, 3.8) is 0 Å². The van der Waals surface area contributed by atoms with E-state index in [-0.39, 0.29) is 24.1 Å². The Kier molecular flexibility index (Phi) is 4.67. The fourth-order valence-electron chi connectivity index (χ4n) is 2.88. The van der Waals surface area contributed by atoms with Crippen LogP contribution in [0.5, 0.6) is 0 Å². The van der Waals surface area contributed by atoms with E-state index in [1.165, 1.54) is 4.31 Å². The van der Waals surface area contributed by atoms with E-state index in [1.54, 1.807) is 25.1 Å². The lowest BCUT2D eigenvalue weighted by atomic mass is 10.2. The Morgan fingerprint density at radius 3 is 2.55 bits per heavy atom. The van der Waals surface area contributed by atoms with Crippen molar-refractivity contribution in [1.29, 1.82) is 0 Å². The number of aliphatic hydroxyl groups excluding tert-OH is 1. The molecule has 0 amide bonds. The van der Waals surface area contributed by atoms with Crippen LogP contribution >= 0.6 is 0 Å². The molecule has 0 saturated heterocycles. The van der Waals surface area contributed by atoms with E-state index in [1.807, 2.05) is 0 Å². The Bertz CT molecular complexity index is 566. The standard InChI is InChI=1S/C14H22N2O3S/c1-11-10-12(15)6-7-14(11)20(18,19)16(8-9-17)13-4-2-3-5-13/h6-7,10,13,17H,2-5,8-9,15H2,1H3. The lowest BCUT2D eigenvalue weighted by Crippen LogP contribution is -2.40. The number of hydrogen-bond acceptors (Lipinski definition) is 4. The van der Waals surface area contributed by atoms with Crippen LogP contribution in [0.15, 0.2) is 23.1 Å². The van der Waals surface area contributed by atoms with Crippen LogP contribution in [0.4, 0.5) is 5.69 Å².